The molecule has 0 saturated heterocycles. The second-order valence-corrected chi connectivity index (χ2v) is 5.64. The van der Waals surface area contributed by atoms with Crippen LogP contribution in [0.15, 0.2) is 24.3 Å². The van der Waals surface area contributed by atoms with Gasteiger partial charge in [-0.05, 0) is 17.9 Å². The molecule has 2 N–H and O–H groups in total. The molecule has 0 saturated carbocycles. The van der Waals surface area contributed by atoms with Crippen LogP contribution in [0.4, 0.5) is 5.95 Å². The lowest BCUT2D eigenvalue weighted by Crippen LogP contribution is -2.10. The van der Waals surface area contributed by atoms with Crippen LogP contribution in [-0.4, -0.2) is 17.0 Å². The van der Waals surface area contributed by atoms with Gasteiger partial charge in [-0.15, -0.1) is 0 Å². The number of benzene rings is 1. The molecule has 18 heavy (non-hydrogen) atoms. The molecular formula is C15H21N3. The fourth-order valence-electron chi connectivity index (χ4n) is 1.99. The van der Waals surface area contributed by atoms with E-state index in [1.807, 2.05) is 14.0 Å². The summed E-state index contributed by atoms with van der Waals surface area (Å²) in [6.45, 7) is 8.71. The van der Waals surface area contributed by atoms with Crippen LogP contribution in [-0.2, 0) is 5.41 Å². The number of rotatable bonds is 2. The predicted octanol–water partition coefficient (Wildman–Crippen LogP) is 3.72. The largest absolute Gasteiger partial charge is 0.359 e. The van der Waals surface area contributed by atoms with Crippen LogP contribution in [0, 0.1) is 6.92 Å². The van der Waals surface area contributed by atoms with Crippen molar-refractivity contribution < 1.29 is 0 Å². The maximum absolute atomic E-state index is 4.52. The van der Waals surface area contributed by atoms with Crippen LogP contribution in [0.1, 0.15) is 32.0 Å². The molecule has 3 nitrogen and oxygen atoms in total. The van der Waals surface area contributed by atoms with Crippen molar-refractivity contribution in [2.45, 2.75) is 33.1 Å². The molecule has 96 valence electrons. The Morgan fingerprint density at radius 1 is 1.11 bits per heavy atom. The summed E-state index contributed by atoms with van der Waals surface area (Å²) in [5, 5.41) is 3.03. The van der Waals surface area contributed by atoms with Crippen LogP contribution in [0.2, 0.25) is 0 Å². The third-order valence-corrected chi connectivity index (χ3v) is 3.15. The van der Waals surface area contributed by atoms with Crippen molar-refractivity contribution >= 4 is 5.95 Å². The van der Waals surface area contributed by atoms with Crippen molar-refractivity contribution in [2.24, 2.45) is 0 Å². The predicted molar refractivity (Wildman–Crippen MR) is 77.0 cm³/mol. The first-order chi connectivity index (χ1) is 8.41. The molecule has 3 heteroatoms. The third-order valence-electron chi connectivity index (χ3n) is 3.15. The molecule has 0 aliphatic rings. The minimum Gasteiger partial charge on any atom is -0.359 e. The van der Waals surface area contributed by atoms with Crippen molar-refractivity contribution in [1.29, 1.82) is 0 Å². The highest BCUT2D eigenvalue weighted by atomic mass is 15.1. The molecule has 1 aromatic carbocycles. The first kappa shape index (κ1) is 12.7. The Kier molecular flexibility index (Phi) is 3.16. The SMILES string of the molecule is CNc1nc(-c2ccc(C(C)(C)C)cc2)c(C)[nH]1. The summed E-state index contributed by atoms with van der Waals surface area (Å²) >= 11 is 0. The molecule has 0 amide bonds. The Morgan fingerprint density at radius 3 is 2.17 bits per heavy atom. The molecule has 0 aliphatic heterocycles. The first-order valence-corrected chi connectivity index (χ1v) is 6.27. The second-order valence-electron chi connectivity index (χ2n) is 5.64. The molecule has 0 atom stereocenters. The van der Waals surface area contributed by atoms with E-state index in [1.165, 1.54) is 5.56 Å². The Morgan fingerprint density at radius 2 is 1.72 bits per heavy atom. The number of nitrogens with zero attached hydrogens (tertiary/aromatic N) is 1. The lowest BCUT2D eigenvalue weighted by atomic mass is 9.86. The zero-order chi connectivity index (χ0) is 13.3. The van der Waals surface area contributed by atoms with E-state index in [-0.39, 0.29) is 5.41 Å². The van der Waals surface area contributed by atoms with E-state index in [4.69, 9.17) is 0 Å². The van der Waals surface area contributed by atoms with Crippen LogP contribution >= 0.6 is 0 Å². The topological polar surface area (TPSA) is 40.7 Å². The lowest BCUT2D eigenvalue weighted by Gasteiger charge is -2.19. The van der Waals surface area contributed by atoms with Gasteiger partial charge < -0.3 is 10.3 Å². The van der Waals surface area contributed by atoms with Gasteiger partial charge in [0.25, 0.3) is 0 Å². The van der Waals surface area contributed by atoms with Gasteiger partial charge in [-0.2, -0.15) is 0 Å². The minimum absolute atomic E-state index is 0.190. The molecule has 0 unspecified atom stereocenters. The second kappa shape index (κ2) is 4.48. The summed E-state index contributed by atoms with van der Waals surface area (Å²) in [6.07, 6.45) is 0. The number of hydrogen-bond donors (Lipinski definition) is 2. The molecule has 2 rings (SSSR count). The standard InChI is InChI=1S/C15H21N3/c1-10-13(18-14(16-5)17-10)11-6-8-12(9-7-11)15(2,3)4/h6-9H,1-5H3,(H2,16,17,18). The maximum Gasteiger partial charge on any atom is 0.200 e. The Balaban J connectivity index is 2.37. The molecule has 0 bridgehead atoms. The number of aryl methyl sites for hydroxylation is 1. The maximum atomic E-state index is 4.52. The molecule has 0 spiro atoms. The van der Waals surface area contributed by atoms with Crippen LogP contribution in [0.5, 0.6) is 0 Å². The average molecular weight is 243 g/mol. The highest BCUT2D eigenvalue weighted by molar-refractivity contribution is 5.64. The highest BCUT2D eigenvalue weighted by Gasteiger charge is 2.14. The first-order valence-electron chi connectivity index (χ1n) is 6.27. The van der Waals surface area contributed by atoms with Crippen LogP contribution in [0.25, 0.3) is 11.3 Å². The molecule has 2 aromatic rings. The van der Waals surface area contributed by atoms with E-state index in [0.717, 1.165) is 22.9 Å². The van der Waals surface area contributed by atoms with Crippen LogP contribution in [0.3, 0.4) is 0 Å². The van der Waals surface area contributed by atoms with E-state index in [9.17, 15) is 0 Å². The van der Waals surface area contributed by atoms with E-state index < -0.39 is 0 Å². The molecule has 1 heterocycles. The van der Waals surface area contributed by atoms with Gasteiger partial charge in [0.15, 0.2) is 0 Å². The normalized spacial score (nSPS) is 11.6. The zero-order valence-corrected chi connectivity index (χ0v) is 11.8. The van der Waals surface area contributed by atoms with E-state index in [1.54, 1.807) is 0 Å². The summed E-state index contributed by atoms with van der Waals surface area (Å²) < 4.78 is 0. The molecule has 0 radical (unpaired) electrons. The van der Waals surface area contributed by atoms with Gasteiger partial charge in [0.05, 0.1) is 5.69 Å². The van der Waals surface area contributed by atoms with Gasteiger partial charge in [-0.25, -0.2) is 4.98 Å². The quantitative estimate of drug-likeness (QED) is 0.844. The fraction of sp³-hybridized carbons (Fsp3) is 0.400. The zero-order valence-electron chi connectivity index (χ0n) is 11.8. The third kappa shape index (κ3) is 2.40. The number of H-pyrrole nitrogens is 1. The van der Waals surface area contributed by atoms with E-state index >= 15 is 0 Å². The molecule has 0 fully saturated rings. The molecule has 1 aromatic heterocycles. The van der Waals surface area contributed by atoms with Gasteiger partial charge in [-0.1, -0.05) is 45.0 Å². The number of aromatic amines is 1. The van der Waals surface area contributed by atoms with Gasteiger partial charge in [0.2, 0.25) is 5.95 Å². The van der Waals surface area contributed by atoms with Crippen molar-refractivity contribution in [3.8, 4) is 11.3 Å². The van der Waals surface area contributed by atoms with Crippen molar-refractivity contribution in [3.05, 3.63) is 35.5 Å². The number of anilines is 1. The Bertz CT molecular complexity index is 530. The Labute approximate surface area is 109 Å². The minimum atomic E-state index is 0.190. The highest BCUT2D eigenvalue weighted by Crippen LogP contribution is 2.27. The monoisotopic (exact) mass is 243 g/mol. The summed E-state index contributed by atoms with van der Waals surface area (Å²) in [6, 6.07) is 8.65. The van der Waals surface area contributed by atoms with Crippen molar-refractivity contribution in [1.82, 2.24) is 9.97 Å². The van der Waals surface area contributed by atoms with Crippen molar-refractivity contribution in [2.75, 3.05) is 12.4 Å². The number of nitrogens with one attached hydrogen (secondary N) is 2. The summed E-state index contributed by atoms with van der Waals surface area (Å²) in [4.78, 5) is 7.74. The van der Waals surface area contributed by atoms with Gasteiger partial charge in [0, 0.05) is 18.3 Å². The summed E-state index contributed by atoms with van der Waals surface area (Å²) in [5.41, 5.74) is 4.78. The van der Waals surface area contributed by atoms with Gasteiger partial charge >= 0.3 is 0 Å². The van der Waals surface area contributed by atoms with Gasteiger partial charge in [-0.3, -0.25) is 0 Å². The molecular weight excluding hydrogens is 222 g/mol. The number of imidazole rings is 1. The summed E-state index contributed by atoms with van der Waals surface area (Å²) in [5.74, 6) is 0.808. The van der Waals surface area contributed by atoms with Crippen molar-refractivity contribution in [3.63, 3.8) is 0 Å². The number of aromatic nitrogens is 2. The Hall–Kier alpha value is -1.77. The molecule has 0 aliphatic carbocycles. The van der Waals surface area contributed by atoms with E-state index in [2.05, 4.69) is 60.3 Å². The van der Waals surface area contributed by atoms with Crippen LogP contribution < -0.4 is 5.32 Å². The average Bonchev–Trinajstić information content (AvgIpc) is 2.70. The summed E-state index contributed by atoms with van der Waals surface area (Å²) in [7, 11) is 1.87. The van der Waals surface area contributed by atoms with Gasteiger partial charge in [0.1, 0.15) is 0 Å². The van der Waals surface area contributed by atoms with E-state index in [0.29, 0.717) is 0 Å². The lowest BCUT2D eigenvalue weighted by molar-refractivity contribution is 0.590. The number of hydrogen-bond acceptors (Lipinski definition) is 2. The fourth-order valence-corrected chi connectivity index (χ4v) is 1.99. The smallest absolute Gasteiger partial charge is 0.200 e.